The van der Waals surface area contributed by atoms with Crippen LogP contribution in [0.2, 0.25) is 5.02 Å². The molecule has 7 nitrogen and oxygen atoms in total. The summed E-state index contributed by atoms with van der Waals surface area (Å²) in [6, 6.07) is 22.0. The number of nitrogens with two attached hydrogens (primary N) is 1. The van der Waals surface area contributed by atoms with E-state index in [1.807, 2.05) is 24.3 Å². The number of hydrogen-bond acceptors (Lipinski definition) is 4. The molecule has 3 aromatic carbocycles. The number of anilines is 1. The van der Waals surface area contributed by atoms with Crippen LogP contribution in [-0.2, 0) is 16.1 Å². The zero-order valence-corrected chi connectivity index (χ0v) is 18.8. The number of rotatable bonds is 6. The third-order valence-corrected chi connectivity index (χ3v) is 4.70. The number of carboxylic acid groups (broad SMARTS) is 1. The summed E-state index contributed by atoms with van der Waals surface area (Å²) in [6.07, 6.45) is -5.08. The standard InChI is InChI=1S/C22H20ClN3O2.C2HF3O2/c23-18-9-11-19(12-10-18)25-22(28)20(16-6-2-1-3-7-16)26-21(27)17-8-4-5-15(13-17)14-24;3-2(4,5)1(6)7/h1-13,20H,14,24H2,(H,25,28)(H,26,27);(H,6,7)/t20-;/m1./s1. The summed E-state index contributed by atoms with van der Waals surface area (Å²) in [4.78, 5) is 34.6. The fourth-order valence-corrected chi connectivity index (χ4v) is 2.87. The number of carbonyl (C=O) groups is 3. The van der Waals surface area contributed by atoms with Crippen molar-refractivity contribution in [1.82, 2.24) is 5.32 Å². The van der Waals surface area contributed by atoms with Gasteiger partial charge in [-0.2, -0.15) is 13.2 Å². The van der Waals surface area contributed by atoms with Crippen molar-refractivity contribution >= 4 is 35.1 Å². The number of aliphatic carboxylic acids is 1. The molecule has 11 heteroatoms. The van der Waals surface area contributed by atoms with Gasteiger partial charge in [0.15, 0.2) is 0 Å². The molecule has 0 radical (unpaired) electrons. The van der Waals surface area contributed by atoms with Crippen molar-refractivity contribution in [2.24, 2.45) is 5.73 Å². The van der Waals surface area contributed by atoms with E-state index in [1.165, 1.54) is 0 Å². The molecule has 5 N–H and O–H groups in total. The maximum absolute atomic E-state index is 12.9. The quantitative estimate of drug-likeness (QED) is 0.390. The van der Waals surface area contributed by atoms with Crippen LogP contribution in [0.5, 0.6) is 0 Å². The van der Waals surface area contributed by atoms with Crippen LogP contribution in [0.15, 0.2) is 78.9 Å². The molecule has 0 unspecified atom stereocenters. The molecular weight excluding hydrogens is 487 g/mol. The van der Waals surface area contributed by atoms with E-state index in [0.29, 0.717) is 28.4 Å². The van der Waals surface area contributed by atoms with E-state index in [4.69, 9.17) is 27.2 Å². The Hall–Kier alpha value is -3.89. The number of benzene rings is 3. The SMILES string of the molecule is NCc1cccc(C(=O)N[C@@H](C(=O)Nc2ccc(Cl)cc2)c2ccccc2)c1.O=C(O)C(F)(F)F. The van der Waals surface area contributed by atoms with Crippen LogP contribution in [-0.4, -0.2) is 29.1 Å². The summed E-state index contributed by atoms with van der Waals surface area (Å²) >= 11 is 5.89. The van der Waals surface area contributed by atoms with E-state index in [-0.39, 0.29) is 11.8 Å². The molecule has 0 fully saturated rings. The second-order valence-electron chi connectivity index (χ2n) is 7.02. The van der Waals surface area contributed by atoms with Crippen LogP contribution in [0.25, 0.3) is 0 Å². The molecule has 35 heavy (non-hydrogen) atoms. The zero-order valence-electron chi connectivity index (χ0n) is 18.1. The Balaban J connectivity index is 0.000000540. The highest BCUT2D eigenvalue weighted by atomic mass is 35.5. The first-order valence-electron chi connectivity index (χ1n) is 10.0. The summed E-state index contributed by atoms with van der Waals surface area (Å²) in [5, 5.41) is 13.3. The second-order valence-corrected chi connectivity index (χ2v) is 7.46. The van der Waals surface area contributed by atoms with E-state index < -0.39 is 18.2 Å². The topological polar surface area (TPSA) is 122 Å². The van der Waals surface area contributed by atoms with Gasteiger partial charge in [0, 0.05) is 22.8 Å². The van der Waals surface area contributed by atoms with Crippen molar-refractivity contribution in [2.45, 2.75) is 18.8 Å². The fourth-order valence-electron chi connectivity index (χ4n) is 2.75. The number of alkyl halides is 3. The monoisotopic (exact) mass is 507 g/mol. The Labute approximate surface area is 203 Å². The molecule has 0 aliphatic heterocycles. The van der Waals surface area contributed by atoms with Crippen LogP contribution >= 0.6 is 11.6 Å². The van der Waals surface area contributed by atoms with Crippen molar-refractivity contribution in [2.75, 3.05) is 5.32 Å². The molecule has 0 heterocycles. The highest BCUT2D eigenvalue weighted by molar-refractivity contribution is 6.30. The van der Waals surface area contributed by atoms with Gasteiger partial charge in [-0.25, -0.2) is 4.79 Å². The van der Waals surface area contributed by atoms with E-state index in [9.17, 15) is 22.8 Å². The lowest BCUT2D eigenvalue weighted by Crippen LogP contribution is -2.37. The number of carbonyl (C=O) groups excluding carboxylic acids is 2. The lowest BCUT2D eigenvalue weighted by molar-refractivity contribution is -0.192. The minimum atomic E-state index is -5.08. The molecule has 184 valence electrons. The van der Waals surface area contributed by atoms with Crippen LogP contribution in [0.4, 0.5) is 18.9 Å². The van der Waals surface area contributed by atoms with Gasteiger partial charge in [-0.05, 0) is 47.5 Å². The number of nitrogens with one attached hydrogen (secondary N) is 2. The molecule has 0 aromatic heterocycles. The molecule has 0 bridgehead atoms. The van der Waals surface area contributed by atoms with Gasteiger partial charge in [0.2, 0.25) is 0 Å². The molecule has 0 saturated carbocycles. The maximum Gasteiger partial charge on any atom is 0.490 e. The van der Waals surface area contributed by atoms with Gasteiger partial charge in [0.1, 0.15) is 6.04 Å². The molecule has 0 spiro atoms. The number of amides is 2. The van der Waals surface area contributed by atoms with Gasteiger partial charge < -0.3 is 21.5 Å². The van der Waals surface area contributed by atoms with Gasteiger partial charge in [0.25, 0.3) is 11.8 Å². The lowest BCUT2D eigenvalue weighted by Gasteiger charge is -2.19. The van der Waals surface area contributed by atoms with Crippen LogP contribution in [0.1, 0.15) is 27.5 Å². The number of halogens is 4. The average Bonchev–Trinajstić information content (AvgIpc) is 2.84. The first-order chi connectivity index (χ1) is 16.5. The summed E-state index contributed by atoms with van der Waals surface area (Å²) in [5.41, 5.74) is 8.21. The van der Waals surface area contributed by atoms with E-state index in [2.05, 4.69) is 10.6 Å². The summed E-state index contributed by atoms with van der Waals surface area (Å²) < 4.78 is 31.7. The van der Waals surface area contributed by atoms with E-state index in [0.717, 1.165) is 5.56 Å². The first kappa shape index (κ1) is 27.4. The first-order valence-corrected chi connectivity index (χ1v) is 10.4. The average molecular weight is 508 g/mol. The Bertz CT molecular complexity index is 1160. The Morgan fingerprint density at radius 2 is 1.54 bits per heavy atom. The van der Waals surface area contributed by atoms with Crippen LogP contribution in [0, 0.1) is 0 Å². The lowest BCUT2D eigenvalue weighted by atomic mass is 10.0. The summed E-state index contributed by atoms with van der Waals surface area (Å²) in [6.45, 7) is 0.334. The van der Waals surface area contributed by atoms with Crippen molar-refractivity contribution < 1.29 is 32.7 Å². The number of carboxylic acids is 1. The van der Waals surface area contributed by atoms with Gasteiger partial charge in [-0.3, -0.25) is 9.59 Å². The summed E-state index contributed by atoms with van der Waals surface area (Å²) in [5.74, 6) is -3.46. The van der Waals surface area contributed by atoms with Gasteiger partial charge in [-0.15, -0.1) is 0 Å². The maximum atomic E-state index is 12.9. The van der Waals surface area contributed by atoms with Gasteiger partial charge in [0.05, 0.1) is 0 Å². The van der Waals surface area contributed by atoms with Crippen molar-refractivity contribution in [3.05, 3.63) is 101 Å². The molecule has 0 saturated heterocycles. The highest BCUT2D eigenvalue weighted by Gasteiger charge is 2.38. The third kappa shape index (κ3) is 8.76. The smallest absolute Gasteiger partial charge is 0.475 e. The predicted octanol–water partition coefficient (Wildman–Crippen LogP) is 4.54. The van der Waals surface area contributed by atoms with Crippen molar-refractivity contribution in [1.29, 1.82) is 0 Å². The number of hydrogen-bond donors (Lipinski definition) is 4. The molecule has 1 atom stereocenters. The molecular formula is C24H21ClF3N3O4. The minimum absolute atomic E-state index is 0.334. The van der Waals surface area contributed by atoms with E-state index in [1.54, 1.807) is 54.6 Å². The fraction of sp³-hybridized carbons (Fsp3) is 0.125. The largest absolute Gasteiger partial charge is 0.490 e. The molecule has 3 rings (SSSR count). The Morgan fingerprint density at radius 1 is 0.943 bits per heavy atom. The molecule has 2 amide bonds. The van der Waals surface area contributed by atoms with Crippen molar-refractivity contribution in [3.63, 3.8) is 0 Å². The third-order valence-electron chi connectivity index (χ3n) is 4.45. The molecule has 0 aliphatic rings. The van der Waals surface area contributed by atoms with Crippen LogP contribution < -0.4 is 16.4 Å². The molecule has 3 aromatic rings. The van der Waals surface area contributed by atoms with Crippen LogP contribution in [0.3, 0.4) is 0 Å². The summed E-state index contributed by atoms with van der Waals surface area (Å²) in [7, 11) is 0. The second kappa shape index (κ2) is 12.5. The highest BCUT2D eigenvalue weighted by Crippen LogP contribution is 2.19. The van der Waals surface area contributed by atoms with Crippen molar-refractivity contribution in [3.8, 4) is 0 Å². The Morgan fingerprint density at radius 3 is 2.09 bits per heavy atom. The minimum Gasteiger partial charge on any atom is -0.475 e. The molecule has 0 aliphatic carbocycles. The zero-order chi connectivity index (χ0) is 26.0. The van der Waals surface area contributed by atoms with Gasteiger partial charge >= 0.3 is 12.1 Å². The van der Waals surface area contributed by atoms with E-state index >= 15 is 0 Å². The Kier molecular flexibility index (Phi) is 9.80. The normalized spacial score (nSPS) is 11.5. The van der Waals surface area contributed by atoms with Gasteiger partial charge in [-0.1, -0.05) is 54.1 Å². The predicted molar refractivity (Wildman–Crippen MR) is 125 cm³/mol.